The second-order valence-corrected chi connectivity index (χ2v) is 2.06. The van der Waals surface area contributed by atoms with Gasteiger partial charge in [0.1, 0.15) is 0 Å². The molecule has 0 fully saturated rings. The van der Waals surface area contributed by atoms with E-state index in [2.05, 4.69) is 9.97 Å². The van der Waals surface area contributed by atoms with Crippen molar-refractivity contribution < 1.29 is 10.1 Å². The van der Waals surface area contributed by atoms with Crippen molar-refractivity contribution in [2.45, 2.75) is 0 Å². The van der Waals surface area contributed by atoms with Crippen LogP contribution in [0.25, 0.3) is 0 Å². The van der Waals surface area contributed by atoms with E-state index in [1.165, 1.54) is 10.9 Å². The van der Waals surface area contributed by atoms with Gasteiger partial charge in [0, 0.05) is 0 Å². The van der Waals surface area contributed by atoms with E-state index in [-0.39, 0.29) is 0 Å². The number of aromatic amines is 1. The molecular weight excluding hydrogens is 214 g/mol. The first kappa shape index (κ1) is 10.3. The highest BCUT2D eigenvalue weighted by Gasteiger charge is 2.09. The van der Waals surface area contributed by atoms with Crippen molar-refractivity contribution in [3.63, 3.8) is 0 Å². The largest absolute Gasteiger partial charge is 0.351 e. The summed E-state index contributed by atoms with van der Waals surface area (Å²) in [5, 5.41) is 17.9. The van der Waals surface area contributed by atoms with E-state index < -0.39 is 27.7 Å². The fraction of sp³-hybridized carbons (Fsp3) is 0. The van der Waals surface area contributed by atoms with Gasteiger partial charge >= 0.3 is 5.69 Å². The number of rotatable bonds is 4. The van der Waals surface area contributed by atoms with Gasteiger partial charge in [-0.05, 0) is 0 Å². The minimum Gasteiger partial charge on any atom is -0.271 e. The molecule has 0 aliphatic rings. The van der Waals surface area contributed by atoms with Gasteiger partial charge in [0.05, 0.1) is 0 Å². The number of nitrogens with zero attached hydrogens (tertiary/aromatic N) is 4. The smallest absolute Gasteiger partial charge is 0.271 e. The highest BCUT2D eigenvalue weighted by atomic mass is 16.7. The molecule has 0 amide bonds. The molecule has 1 heterocycles. The van der Waals surface area contributed by atoms with Crippen LogP contribution in [0.4, 0.5) is 11.9 Å². The number of nitro groups is 2. The Bertz CT molecular complexity index is 415. The zero-order chi connectivity index (χ0) is 11.4. The number of aromatic nitrogens is 3. The van der Waals surface area contributed by atoms with Gasteiger partial charge in [-0.3, -0.25) is 4.98 Å². The van der Waals surface area contributed by atoms with Crippen molar-refractivity contribution in [3.05, 3.63) is 30.7 Å². The van der Waals surface area contributed by atoms with E-state index in [0.717, 1.165) is 0 Å². The van der Waals surface area contributed by atoms with Crippen molar-refractivity contribution >= 4 is 11.9 Å². The van der Waals surface area contributed by atoms with E-state index in [9.17, 15) is 25.0 Å². The lowest BCUT2D eigenvalue weighted by molar-refractivity contribution is -0.447. The van der Waals surface area contributed by atoms with Crippen molar-refractivity contribution in [2.24, 2.45) is 0 Å². The Labute approximate surface area is 79.6 Å². The maximum atomic E-state index is 10.7. The fourth-order valence-corrected chi connectivity index (χ4v) is 0.655. The van der Waals surface area contributed by atoms with E-state index >= 15 is 0 Å². The van der Waals surface area contributed by atoms with Gasteiger partial charge in [-0.1, -0.05) is 10.9 Å². The lowest BCUT2D eigenvalue weighted by Crippen LogP contribution is -2.22. The van der Waals surface area contributed by atoms with Gasteiger partial charge in [0.15, 0.2) is 10.1 Å². The fourth-order valence-electron chi connectivity index (χ4n) is 0.655. The number of hydrogen-bond donors (Lipinski definition) is 3. The summed E-state index contributed by atoms with van der Waals surface area (Å²) in [5.41, 5.74) is 1.97. The number of hydrazine groups is 2. The number of H-pyrrole nitrogens is 1. The normalized spacial score (nSPS) is 9.33. The summed E-state index contributed by atoms with van der Waals surface area (Å²) < 4.78 is 0. The average Bonchev–Trinajstić information content (AvgIpc) is 1.98. The van der Waals surface area contributed by atoms with Gasteiger partial charge in [0.25, 0.3) is 11.9 Å². The van der Waals surface area contributed by atoms with Crippen molar-refractivity contribution in [1.29, 1.82) is 0 Å². The van der Waals surface area contributed by atoms with E-state index in [0.29, 0.717) is 0 Å². The van der Waals surface area contributed by atoms with Gasteiger partial charge in [-0.2, -0.15) is 9.97 Å². The molecule has 1 aromatic rings. The van der Waals surface area contributed by atoms with Crippen molar-refractivity contribution in [3.8, 4) is 0 Å². The Balaban J connectivity index is 2.99. The first-order valence-electron chi connectivity index (χ1n) is 3.28. The Morgan fingerprint density at radius 2 is 1.73 bits per heavy atom. The van der Waals surface area contributed by atoms with Gasteiger partial charge < -0.3 is 0 Å². The predicted molar refractivity (Wildman–Crippen MR) is 43.9 cm³/mol. The Kier molecular flexibility index (Phi) is 2.71. The van der Waals surface area contributed by atoms with Crippen molar-refractivity contribution in [1.82, 2.24) is 15.0 Å². The molecule has 0 bridgehead atoms. The van der Waals surface area contributed by atoms with Crippen LogP contribution >= 0.6 is 0 Å². The van der Waals surface area contributed by atoms with Crippen LogP contribution in [0.1, 0.15) is 0 Å². The molecule has 1 aromatic heterocycles. The summed E-state index contributed by atoms with van der Waals surface area (Å²) in [7, 11) is 0. The van der Waals surface area contributed by atoms with Gasteiger partial charge in [-0.15, -0.1) is 0 Å². The number of anilines is 2. The lowest BCUT2D eigenvalue weighted by Gasteiger charge is -1.97. The highest BCUT2D eigenvalue weighted by Crippen LogP contribution is 1.98. The maximum Gasteiger partial charge on any atom is 0.351 e. The zero-order valence-electron chi connectivity index (χ0n) is 6.83. The van der Waals surface area contributed by atoms with Crippen molar-refractivity contribution in [2.75, 3.05) is 10.9 Å². The molecule has 0 aliphatic heterocycles. The molecule has 0 unspecified atom stereocenters. The minimum atomic E-state index is -1.02. The molecular formula is C3H3N7O5. The maximum absolute atomic E-state index is 10.7. The van der Waals surface area contributed by atoms with Crippen LogP contribution < -0.4 is 16.5 Å². The summed E-state index contributed by atoms with van der Waals surface area (Å²) in [6.45, 7) is 0. The van der Waals surface area contributed by atoms with Crippen LogP contribution in [0, 0.1) is 20.2 Å². The summed E-state index contributed by atoms with van der Waals surface area (Å²) in [6.07, 6.45) is 0. The molecule has 0 atom stereocenters. The zero-order valence-corrected chi connectivity index (χ0v) is 6.83. The van der Waals surface area contributed by atoms with Crippen LogP contribution in [0.5, 0.6) is 0 Å². The summed E-state index contributed by atoms with van der Waals surface area (Å²) in [6, 6.07) is 0. The molecule has 0 aromatic carbocycles. The van der Waals surface area contributed by atoms with Crippen LogP contribution in [0.2, 0.25) is 0 Å². The monoisotopic (exact) mass is 217 g/mol. The molecule has 0 spiro atoms. The molecule has 12 nitrogen and oxygen atoms in total. The molecule has 0 radical (unpaired) electrons. The summed E-state index contributed by atoms with van der Waals surface area (Å²) >= 11 is 0. The Hall–Kier alpha value is -2.79. The predicted octanol–water partition coefficient (Wildman–Crippen LogP) is -1.63. The van der Waals surface area contributed by atoms with E-state index in [4.69, 9.17) is 0 Å². The summed E-state index contributed by atoms with van der Waals surface area (Å²) in [4.78, 5) is 38.8. The molecule has 0 saturated heterocycles. The molecule has 0 aliphatic carbocycles. The van der Waals surface area contributed by atoms with Crippen LogP contribution in [0.3, 0.4) is 0 Å². The first-order chi connectivity index (χ1) is 6.97. The molecule has 1 rings (SSSR count). The average molecular weight is 217 g/mol. The topological polar surface area (TPSA) is 169 Å². The number of nitrogens with one attached hydrogen (secondary N) is 3. The van der Waals surface area contributed by atoms with E-state index in [1.807, 2.05) is 4.98 Å². The SMILES string of the molecule is O=c1nc(N[N+](=O)[O-])nc(N[N+](=O)[O-])[nH]1. The molecule has 80 valence electrons. The standard InChI is InChI=1S/C3H3N7O5/c11-3-5-1(7-9(12)13)4-2(6-3)8-10(14)15/h(H3,4,5,6,7,8,11). The second kappa shape index (κ2) is 3.95. The quantitative estimate of drug-likeness (QED) is 0.395. The molecule has 12 heteroatoms. The van der Waals surface area contributed by atoms with Gasteiger partial charge in [0.2, 0.25) is 0 Å². The second-order valence-electron chi connectivity index (χ2n) is 2.06. The van der Waals surface area contributed by atoms with Crippen LogP contribution in [-0.4, -0.2) is 25.0 Å². The highest BCUT2D eigenvalue weighted by molar-refractivity contribution is 5.28. The molecule has 0 saturated carbocycles. The van der Waals surface area contributed by atoms with Crippen LogP contribution in [-0.2, 0) is 0 Å². The van der Waals surface area contributed by atoms with Gasteiger partial charge in [-0.25, -0.2) is 25.0 Å². The molecule has 3 N–H and O–H groups in total. The molecule has 15 heavy (non-hydrogen) atoms. The Morgan fingerprint density at radius 3 is 2.27 bits per heavy atom. The number of hydrogen-bond acceptors (Lipinski definition) is 7. The Morgan fingerprint density at radius 1 is 1.13 bits per heavy atom. The third kappa shape index (κ3) is 3.21. The third-order valence-corrected chi connectivity index (χ3v) is 1.04. The van der Waals surface area contributed by atoms with Crippen LogP contribution in [0.15, 0.2) is 4.79 Å². The summed E-state index contributed by atoms with van der Waals surface area (Å²) in [5.74, 6) is -1.22. The first-order valence-corrected chi connectivity index (χ1v) is 3.28. The minimum absolute atomic E-state index is 0.565. The third-order valence-electron chi connectivity index (χ3n) is 1.04. The van der Waals surface area contributed by atoms with E-state index in [1.54, 1.807) is 0 Å². The lowest BCUT2D eigenvalue weighted by atomic mass is 10.9.